The maximum atomic E-state index is 5.37. The third-order valence-electron chi connectivity index (χ3n) is 3.68. The summed E-state index contributed by atoms with van der Waals surface area (Å²) in [5.74, 6) is 6.67. The second-order valence-corrected chi connectivity index (χ2v) is 5.22. The zero-order valence-corrected chi connectivity index (χ0v) is 12.4. The molecule has 0 N–H and O–H groups in total. The van der Waals surface area contributed by atoms with E-state index in [4.69, 9.17) is 4.52 Å². The van der Waals surface area contributed by atoms with Crippen molar-refractivity contribution in [2.24, 2.45) is 0 Å². The van der Waals surface area contributed by atoms with Crippen molar-refractivity contribution in [3.8, 4) is 23.1 Å². The van der Waals surface area contributed by atoms with Gasteiger partial charge in [-0.15, -0.1) is 0 Å². The third kappa shape index (κ3) is 2.73. The SMILES string of the molecule is C(#Cc1cc(-c2cccc3ccccc23)no1)c1ccccc1. The maximum absolute atomic E-state index is 5.37. The van der Waals surface area contributed by atoms with Crippen LogP contribution >= 0.6 is 0 Å². The van der Waals surface area contributed by atoms with Gasteiger partial charge in [-0.1, -0.05) is 71.7 Å². The number of hydrogen-bond acceptors (Lipinski definition) is 2. The summed E-state index contributed by atoms with van der Waals surface area (Å²) in [6.45, 7) is 0. The Morgan fingerprint density at radius 2 is 1.52 bits per heavy atom. The number of rotatable bonds is 1. The molecule has 0 atom stereocenters. The van der Waals surface area contributed by atoms with Gasteiger partial charge in [-0.3, -0.25) is 0 Å². The molecule has 0 amide bonds. The van der Waals surface area contributed by atoms with Gasteiger partial charge in [0, 0.05) is 17.2 Å². The fraction of sp³-hybridized carbons (Fsp3) is 0. The Hall–Kier alpha value is -3.31. The standard InChI is InChI=1S/C21H13NO/c1-2-7-16(8-3-1)13-14-18-15-21(22-23-18)20-12-6-10-17-9-4-5-11-19(17)20/h1-12,15H. The van der Waals surface area contributed by atoms with Gasteiger partial charge in [0.2, 0.25) is 5.76 Å². The zero-order chi connectivity index (χ0) is 15.5. The fourth-order valence-corrected chi connectivity index (χ4v) is 2.57. The van der Waals surface area contributed by atoms with E-state index in [0.717, 1.165) is 22.2 Å². The molecule has 0 spiro atoms. The van der Waals surface area contributed by atoms with Crippen LogP contribution in [0.4, 0.5) is 0 Å². The second kappa shape index (κ2) is 5.82. The van der Waals surface area contributed by atoms with Crippen LogP contribution < -0.4 is 0 Å². The molecule has 108 valence electrons. The van der Waals surface area contributed by atoms with Crippen molar-refractivity contribution in [3.63, 3.8) is 0 Å². The van der Waals surface area contributed by atoms with E-state index < -0.39 is 0 Å². The highest BCUT2D eigenvalue weighted by molar-refractivity contribution is 5.95. The summed E-state index contributed by atoms with van der Waals surface area (Å²) < 4.78 is 5.37. The van der Waals surface area contributed by atoms with Gasteiger partial charge in [-0.05, 0) is 28.8 Å². The molecule has 2 nitrogen and oxygen atoms in total. The summed E-state index contributed by atoms with van der Waals surface area (Å²) in [4.78, 5) is 0. The van der Waals surface area contributed by atoms with E-state index in [1.807, 2.05) is 54.6 Å². The summed E-state index contributed by atoms with van der Waals surface area (Å²) >= 11 is 0. The molecule has 0 unspecified atom stereocenters. The Morgan fingerprint density at radius 1 is 0.739 bits per heavy atom. The molecule has 2 heteroatoms. The Balaban J connectivity index is 1.72. The molecule has 3 aromatic carbocycles. The summed E-state index contributed by atoms with van der Waals surface area (Å²) in [7, 11) is 0. The molecule has 0 bridgehead atoms. The van der Waals surface area contributed by atoms with E-state index in [-0.39, 0.29) is 0 Å². The summed E-state index contributed by atoms with van der Waals surface area (Å²) in [5.41, 5.74) is 2.81. The highest BCUT2D eigenvalue weighted by Crippen LogP contribution is 2.27. The smallest absolute Gasteiger partial charge is 0.210 e. The lowest BCUT2D eigenvalue weighted by Crippen LogP contribution is -1.80. The molecule has 0 fully saturated rings. The van der Waals surface area contributed by atoms with Crippen molar-refractivity contribution in [2.45, 2.75) is 0 Å². The van der Waals surface area contributed by atoms with Gasteiger partial charge < -0.3 is 4.52 Å². The molecular formula is C21H13NO. The normalized spacial score (nSPS) is 10.3. The van der Waals surface area contributed by atoms with E-state index in [0.29, 0.717) is 5.76 Å². The number of fused-ring (bicyclic) bond motifs is 1. The Morgan fingerprint density at radius 3 is 2.43 bits per heavy atom. The fourth-order valence-electron chi connectivity index (χ4n) is 2.57. The maximum Gasteiger partial charge on any atom is 0.210 e. The number of aromatic nitrogens is 1. The number of benzene rings is 3. The Bertz CT molecular complexity index is 1010. The highest BCUT2D eigenvalue weighted by atomic mass is 16.5. The van der Waals surface area contributed by atoms with Gasteiger partial charge in [-0.2, -0.15) is 0 Å². The minimum Gasteiger partial charge on any atom is -0.347 e. The molecule has 4 rings (SSSR count). The molecule has 0 aliphatic heterocycles. The van der Waals surface area contributed by atoms with E-state index in [1.54, 1.807) is 0 Å². The van der Waals surface area contributed by atoms with Crippen molar-refractivity contribution in [1.82, 2.24) is 5.16 Å². The van der Waals surface area contributed by atoms with Gasteiger partial charge >= 0.3 is 0 Å². The van der Waals surface area contributed by atoms with E-state index in [2.05, 4.69) is 41.3 Å². The Labute approximate surface area is 134 Å². The average molecular weight is 295 g/mol. The molecule has 0 aliphatic carbocycles. The van der Waals surface area contributed by atoms with Gasteiger partial charge in [0.25, 0.3) is 0 Å². The largest absolute Gasteiger partial charge is 0.347 e. The van der Waals surface area contributed by atoms with Crippen LogP contribution in [0.1, 0.15) is 11.3 Å². The van der Waals surface area contributed by atoms with Crippen LogP contribution in [0.2, 0.25) is 0 Å². The van der Waals surface area contributed by atoms with Gasteiger partial charge in [-0.25, -0.2) is 0 Å². The lowest BCUT2D eigenvalue weighted by atomic mass is 10.0. The van der Waals surface area contributed by atoms with Crippen molar-refractivity contribution in [1.29, 1.82) is 0 Å². The summed E-state index contributed by atoms with van der Waals surface area (Å²) in [5, 5.41) is 6.51. The predicted molar refractivity (Wildman–Crippen MR) is 91.9 cm³/mol. The van der Waals surface area contributed by atoms with Crippen molar-refractivity contribution in [2.75, 3.05) is 0 Å². The molecule has 0 saturated heterocycles. The molecule has 4 aromatic rings. The minimum absolute atomic E-state index is 0.566. The lowest BCUT2D eigenvalue weighted by Gasteiger charge is -2.02. The number of nitrogens with zero attached hydrogens (tertiary/aromatic N) is 1. The van der Waals surface area contributed by atoms with Crippen LogP contribution in [0.5, 0.6) is 0 Å². The van der Waals surface area contributed by atoms with Crippen LogP contribution in [0.25, 0.3) is 22.0 Å². The zero-order valence-electron chi connectivity index (χ0n) is 12.4. The molecule has 0 radical (unpaired) electrons. The van der Waals surface area contributed by atoms with Crippen molar-refractivity contribution >= 4 is 10.8 Å². The van der Waals surface area contributed by atoms with Gasteiger partial charge in [0.05, 0.1) is 0 Å². The lowest BCUT2D eigenvalue weighted by molar-refractivity contribution is 0.413. The topological polar surface area (TPSA) is 26.0 Å². The Kier molecular flexibility index (Phi) is 3.38. The molecule has 0 aliphatic rings. The monoisotopic (exact) mass is 295 g/mol. The van der Waals surface area contributed by atoms with Crippen LogP contribution in [-0.2, 0) is 0 Å². The van der Waals surface area contributed by atoms with Crippen molar-refractivity contribution < 1.29 is 4.52 Å². The minimum atomic E-state index is 0.566. The predicted octanol–water partition coefficient (Wildman–Crippen LogP) is 4.89. The summed E-state index contributed by atoms with van der Waals surface area (Å²) in [6.07, 6.45) is 0. The molecule has 23 heavy (non-hydrogen) atoms. The van der Waals surface area contributed by atoms with Crippen LogP contribution in [-0.4, -0.2) is 5.16 Å². The van der Waals surface area contributed by atoms with E-state index in [9.17, 15) is 0 Å². The van der Waals surface area contributed by atoms with Crippen molar-refractivity contribution in [3.05, 3.63) is 90.2 Å². The average Bonchev–Trinajstić information content (AvgIpc) is 3.09. The first-order chi connectivity index (χ1) is 11.4. The second-order valence-electron chi connectivity index (χ2n) is 5.22. The molecule has 1 aromatic heterocycles. The first-order valence-electron chi connectivity index (χ1n) is 7.42. The molecule has 1 heterocycles. The van der Waals surface area contributed by atoms with Gasteiger partial charge in [0.1, 0.15) is 5.69 Å². The van der Waals surface area contributed by atoms with Crippen LogP contribution in [0.3, 0.4) is 0 Å². The molecule has 0 saturated carbocycles. The summed E-state index contributed by atoms with van der Waals surface area (Å²) in [6, 6.07) is 26.1. The molecular weight excluding hydrogens is 282 g/mol. The number of hydrogen-bond donors (Lipinski definition) is 0. The van der Waals surface area contributed by atoms with Crippen LogP contribution in [0.15, 0.2) is 83.4 Å². The quantitative estimate of drug-likeness (QED) is 0.467. The third-order valence-corrected chi connectivity index (χ3v) is 3.68. The van der Waals surface area contributed by atoms with E-state index >= 15 is 0 Å². The van der Waals surface area contributed by atoms with Gasteiger partial charge in [0.15, 0.2) is 0 Å². The van der Waals surface area contributed by atoms with E-state index in [1.165, 1.54) is 5.39 Å². The first kappa shape index (κ1) is 13.4. The first-order valence-corrected chi connectivity index (χ1v) is 7.42. The highest BCUT2D eigenvalue weighted by Gasteiger charge is 2.08. The van der Waals surface area contributed by atoms with Crippen LogP contribution in [0, 0.1) is 11.8 Å².